The third kappa shape index (κ3) is 2.29. The average molecular weight is 183 g/mol. The summed E-state index contributed by atoms with van der Waals surface area (Å²) in [5.74, 6) is 0.102. The van der Waals surface area contributed by atoms with Crippen molar-refractivity contribution in [2.75, 3.05) is 0 Å². The molecule has 0 spiro atoms. The van der Waals surface area contributed by atoms with Gasteiger partial charge >= 0.3 is 0 Å². The van der Waals surface area contributed by atoms with Crippen molar-refractivity contribution in [2.45, 2.75) is 45.1 Å². The second-order valence-electron chi connectivity index (χ2n) is 4.23. The maximum Gasteiger partial charge on any atom is 0.222 e. The molecule has 1 atom stereocenters. The van der Waals surface area contributed by atoms with Crippen LogP contribution >= 0.6 is 0 Å². The summed E-state index contributed by atoms with van der Waals surface area (Å²) < 4.78 is 0. The van der Waals surface area contributed by atoms with Crippen LogP contribution in [0.3, 0.4) is 0 Å². The Labute approximate surface area is 79.0 Å². The fourth-order valence-corrected chi connectivity index (χ4v) is 1.71. The molecule has 1 rings (SSSR count). The van der Waals surface area contributed by atoms with Gasteiger partial charge in [-0.1, -0.05) is 18.6 Å². The van der Waals surface area contributed by atoms with Crippen LogP contribution in [0.4, 0.5) is 0 Å². The lowest BCUT2D eigenvalue weighted by molar-refractivity contribution is -0.568. The van der Waals surface area contributed by atoms with Crippen LogP contribution in [-0.2, 0) is 0 Å². The summed E-state index contributed by atoms with van der Waals surface area (Å²) in [5.41, 5.74) is -0.805. The molecular weight excluding hydrogens is 166 g/mol. The minimum atomic E-state index is -0.805. The number of rotatable bonds is 2. The first-order chi connectivity index (χ1) is 6.05. The summed E-state index contributed by atoms with van der Waals surface area (Å²) in [6, 6.07) is 0. The lowest BCUT2D eigenvalue weighted by Gasteiger charge is -2.23. The standard InChI is InChI=1S/C10H17NO2/c1-10(2,11(12)13)9-7-5-3-4-6-8-9/h5,7,9H,3-4,6,8H2,1-2H3/t9-/m0/s1. The van der Waals surface area contributed by atoms with Gasteiger partial charge in [-0.05, 0) is 19.3 Å². The first kappa shape index (κ1) is 10.2. The normalized spacial score (nSPS) is 24.0. The molecular formula is C10H17NO2. The van der Waals surface area contributed by atoms with E-state index in [0.29, 0.717) is 0 Å². The maximum atomic E-state index is 10.8. The molecule has 0 heterocycles. The summed E-state index contributed by atoms with van der Waals surface area (Å²) in [5, 5.41) is 10.8. The molecule has 1 aliphatic rings. The smallest absolute Gasteiger partial charge is 0.222 e. The second kappa shape index (κ2) is 3.90. The number of nitro groups is 1. The van der Waals surface area contributed by atoms with Gasteiger partial charge in [0.15, 0.2) is 0 Å². The Bertz CT molecular complexity index is 221. The Balaban J connectivity index is 2.73. The molecule has 0 saturated carbocycles. The predicted molar refractivity (Wildman–Crippen MR) is 52.2 cm³/mol. The van der Waals surface area contributed by atoms with Crippen LogP contribution in [0.25, 0.3) is 0 Å². The van der Waals surface area contributed by atoms with Crippen LogP contribution in [0.15, 0.2) is 12.2 Å². The van der Waals surface area contributed by atoms with E-state index in [4.69, 9.17) is 0 Å². The molecule has 1 aliphatic carbocycles. The second-order valence-corrected chi connectivity index (χ2v) is 4.23. The quantitative estimate of drug-likeness (QED) is 0.375. The van der Waals surface area contributed by atoms with Crippen molar-refractivity contribution in [1.29, 1.82) is 0 Å². The highest BCUT2D eigenvalue weighted by Crippen LogP contribution is 2.29. The number of nitrogens with zero attached hydrogens (tertiary/aromatic N) is 1. The first-order valence-electron chi connectivity index (χ1n) is 4.86. The monoisotopic (exact) mass is 183 g/mol. The Kier molecular flexibility index (Phi) is 3.07. The predicted octanol–water partition coefficient (Wildman–Crippen LogP) is 2.79. The lowest BCUT2D eigenvalue weighted by atomic mass is 9.85. The van der Waals surface area contributed by atoms with Crippen molar-refractivity contribution in [3.05, 3.63) is 22.3 Å². The van der Waals surface area contributed by atoms with Gasteiger partial charge in [-0.25, -0.2) is 0 Å². The van der Waals surface area contributed by atoms with Gasteiger partial charge in [-0.3, -0.25) is 10.1 Å². The summed E-state index contributed by atoms with van der Waals surface area (Å²) in [4.78, 5) is 10.6. The molecule has 3 heteroatoms. The third-order valence-corrected chi connectivity index (χ3v) is 2.88. The van der Waals surface area contributed by atoms with Gasteiger partial charge in [0.2, 0.25) is 5.54 Å². The van der Waals surface area contributed by atoms with E-state index in [-0.39, 0.29) is 10.8 Å². The minimum absolute atomic E-state index is 0.102. The Morgan fingerprint density at radius 3 is 2.77 bits per heavy atom. The fraction of sp³-hybridized carbons (Fsp3) is 0.800. The molecule has 3 nitrogen and oxygen atoms in total. The van der Waals surface area contributed by atoms with E-state index in [1.807, 2.05) is 6.08 Å². The summed E-state index contributed by atoms with van der Waals surface area (Å²) >= 11 is 0. The first-order valence-corrected chi connectivity index (χ1v) is 4.86. The summed E-state index contributed by atoms with van der Waals surface area (Å²) in [6.07, 6.45) is 8.41. The van der Waals surface area contributed by atoms with Crippen LogP contribution in [0.2, 0.25) is 0 Å². The Hall–Kier alpha value is -0.860. The van der Waals surface area contributed by atoms with Crippen LogP contribution in [0, 0.1) is 16.0 Å². The van der Waals surface area contributed by atoms with Crippen molar-refractivity contribution < 1.29 is 4.92 Å². The van der Waals surface area contributed by atoms with E-state index in [1.54, 1.807) is 13.8 Å². The van der Waals surface area contributed by atoms with E-state index < -0.39 is 5.54 Å². The highest BCUT2D eigenvalue weighted by Gasteiger charge is 2.38. The van der Waals surface area contributed by atoms with Crippen LogP contribution in [-0.4, -0.2) is 10.5 Å². The number of hydrogen-bond acceptors (Lipinski definition) is 2. The molecule has 74 valence electrons. The van der Waals surface area contributed by atoms with Crippen LogP contribution in [0.5, 0.6) is 0 Å². The molecule has 0 aromatic heterocycles. The van der Waals surface area contributed by atoms with Gasteiger partial charge in [0.1, 0.15) is 0 Å². The Morgan fingerprint density at radius 1 is 1.46 bits per heavy atom. The third-order valence-electron chi connectivity index (χ3n) is 2.88. The van der Waals surface area contributed by atoms with Crippen molar-refractivity contribution >= 4 is 0 Å². The topological polar surface area (TPSA) is 43.1 Å². The van der Waals surface area contributed by atoms with E-state index in [2.05, 4.69) is 6.08 Å². The van der Waals surface area contributed by atoms with E-state index in [0.717, 1.165) is 19.3 Å². The van der Waals surface area contributed by atoms with Crippen LogP contribution < -0.4 is 0 Å². The zero-order valence-electron chi connectivity index (χ0n) is 8.32. The highest BCUT2D eigenvalue weighted by atomic mass is 16.6. The highest BCUT2D eigenvalue weighted by molar-refractivity contribution is 4.98. The van der Waals surface area contributed by atoms with Crippen molar-refractivity contribution in [2.24, 2.45) is 5.92 Å². The molecule has 0 N–H and O–H groups in total. The molecule has 0 fully saturated rings. The summed E-state index contributed by atoms with van der Waals surface area (Å²) in [6.45, 7) is 3.43. The molecule has 0 radical (unpaired) electrons. The van der Waals surface area contributed by atoms with Gasteiger partial charge in [0, 0.05) is 24.7 Å². The van der Waals surface area contributed by atoms with Crippen LogP contribution in [0.1, 0.15) is 39.5 Å². The average Bonchev–Trinajstić information content (AvgIpc) is 2.31. The molecule has 0 aromatic carbocycles. The molecule has 0 amide bonds. The molecule has 0 aromatic rings. The van der Waals surface area contributed by atoms with E-state index >= 15 is 0 Å². The molecule has 0 unspecified atom stereocenters. The Morgan fingerprint density at radius 2 is 2.15 bits per heavy atom. The fourth-order valence-electron chi connectivity index (χ4n) is 1.71. The molecule has 0 bridgehead atoms. The number of allylic oxidation sites excluding steroid dienone is 1. The van der Waals surface area contributed by atoms with Crippen molar-refractivity contribution in [1.82, 2.24) is 0 Å². The van der Waals surface area contributed by atoms with Crippen molar-refractivity contribution in [3.63, 3.8) is 0 Å². The zero-order valence-corrected chi connectivity index (χ0v) is 8.32. The molecule has 0 saturated heterocycles. The minimum Gasteiger partial charge on any atom is -0.264 e. The largest absolute Gasteiger partial charge is 0.264 e. The summed E-state index contributed by atoms with van der Waals surface area (Å²) in [7, 11) is 0. The van der Waals surface area contributed by atoms with Gasteiger partial charge in [-0.2, -0.15) is 0 Å². The zero-order chi connectivity index (χ0) is 9.90. The maximum absolute atomic E-state index is 10.8. The van der Waals surface area contributed by atoms with E-state index in [1.165, 1.54) is 6.42 Å². The van der Waals surface area contributed by atoms with Crippen molar-refractivity contribution in [3.8, 4) is 0 Å². The molecule has 13 heavy (non-hydrogen) atoms. The lowest BCUT2D eigenvalue weighted by Crippen LogP contribution is -2.38. The van der Waals surface area contributed by atoms with Gasteiger partial charge in [-0.15, -0.1) is 0 Å². The van der Waals surface area contributed by atoms with Gasteiger partial charge < -0.3 is 0 Å². The van der Waals surface area contributed by atoms with E-state index in [9.17, 15) is 10.1 Å². The van der Waals surface area contributed by atoms with Gasteiger partial charge in [0.05, 0.1) is 0 Å². The van der Waals surface area contributed by atoms with Gasteiger partial charge in [0.25, 0.3) is 0 Å². The molecule has 0 aliphatic heterocycles. The number of hydrogen-bond donors (Lipinski definition) is 0. The SMILES string of the molecule is CC(C)([C@H]1C=CCCCC1)[N+](=O)[O-].